The van der Waals surface area contributed by atoms with Gasteiger partial charge in [-0.05, 0) is 28.5 Å². The molecule has 3 heterocycles. The van der Waals surface area contributed by atoms with Crippen LogP contribution in [-0.4, -0.2) is 33.1 Å². The van der Waals surface area contributed by atoms with Crippen molar-refractivity contribution in [3.8, 4) is 0 Å². The monoisotopic (exact) mass is 438 g/mol. The van der Waals surface area contributed by atoms with E-state index in [1.54, 1.807) is 4.31 Å². The lowest BCUT2D eigenvalue weighted by Crippen LogP contribution is -2.57. The van der Waals surface area contributed by atoms with Crippen LogP contribution in [0.1, 0.15) is 52.4 Å². The maximum absolute atomic E-state index is 12.0. The third-order valence-electron chi connectivity index (χ3n) is 5.50. The molecule has 4 rings (SSSR count). The molecule has 3 aliphatic heterocycles. The van der Waals surface area contributed by atoms with Crippen molar-refractivity contribution >= 4 is 58.6 Å². The fourth-order valence-electron chi connectivity index (χ4n) is 4.25. The second-order valence-electron chi connectivity index (χ2n) is 7.09. The Morgan fingerprint density at radius 3 is 2.86 bits per heavy atom. The first-order chi connectivity index (χ1) is 9.89. The average Bonchev–Trinajstić information content (AvgIpc) is 2.67. The smallest absolute Gasteiger partial charge is 0.421 e. The first-order valence-electron chi connectivity index (χ1n) is 7.76. The summed E-state index contributed by atoms with van der Waals surface area (Å²) in [6, 6.07) is 0.187. The Balaban J connectivity index is 1.78. The lowest BCUT2D eigenvalue weighted by Gasteiger charge is -2.57. The van der Waals surface area contributed by atoms with Gasteiger partial charge in [0.1, 0.15) is 13.4 Å². The third kappa shape index (κ3) is 2.95. The van der Waals surface area contributed by atoms with Gasteiger partial charge < -0.3 is 4.74 Å². The van der Waals surface area contributed by atoms with Crippen molar-refractivity contribution in [2.75, 3.05) is 0 Å². The minimum absolute atomic E-state index is 0.0218. The highest BCUT2D eigenvalue weighted by Gasteiger charge is 2.58. The summed E-state index contributed by atoms with van der Waals surface area (Å²) in [5.41, 5.74) is 0. The number of ether oxygens (including phenoxy) is 1. The van der Waals surface area contributed by atoms with Crippen molar-refractivity contribution in [2.45, 2.75) is 73.2 Å². The zero-order valence-electron chi connectivity index (χ0n) is 12.5. The molecule has 1 saturated carbocycles. The van der Waals surface area contributed by atoms with E-state index in [4.69, 9.17) is 4.74 Å². The maximum Gasteiger partial charge on any atom is 0.421 e. The molecule has 0 aromatic rings. The van der Waals surface area contributed by atoms with Crippen LogP contribution in [0.4, 0.5) is 4.79 Å². The van der Waals surface area contributed by atoms with Gasteiger partial charge >= 0.3 is 6.09 Å². The van der Waals surface area contributed by atoms with E-state index in [0.29, 0.717) is 11.2 Å². The van der Waals surface area contributed by atoms with E-state index in [-0.39, 0.29) is 21.6 Å². The van der Waals surface area contributed by atoms with Gasteiger partial charge in [0.2, 0.25) is 0 Å². The van der Waals surface area contributed by atoms with Crippen molar-refractivity contribution < 1.29 is 9.53 Å². The van der Waals surface area contributed by atoms with E-state index in [0.717, 1.165) is 12.8 Å². The molecule has 3 nitrogen and oxygen atoms in total. The summed E-state index contributed by atoms with van der Waals surface area (Å²) >= 11 is 6.81. The molecule has 0 spiro atoms. The molecule has 2 bridgehead atoms. The quantitative estimate of drug-likeness (QED) is 0.170. The summed E-state index contributed by atoms with van der Waals surface area (Å²) in [7, 11) is 3.78. The van der Waals surface area contributed by atoms with Crippen LogP contribution in [0.5, 0.6) is 0 Å². The Morgan fingerprint density at radius 1 is 1.52 bits per heavy atom. The van der Waals surface area contributed by atoms with Crippen LogP contribution >= 0.6 is 45.2 Å². The van der Waals surface area contributed by atoms with Gasteiger partial charge in [0, 0.05) is 11.0 Å². The van der Waals surface area contributed by atoms with Gasteiger partial charge in [0.05, 0.1) is 6.04 Å². The Hall–Kier alpha value is 0.765. The van der Waals surface area contributed by atoms with Gasteiger partial charge in [-0.25, -0.2) is 9.10 Å². The lowest BCUT2D eigenvalue weighted by atomic mass is 9.27. The predicted octanol–water partition coefficient (Wildman–Crippen LogP) is 4.69. The molecule has 4 aliphatic rings. The van der Waals surface area contributed by atoms with E-state index >= 15 is 0 Å². The molecule has 1 radical (unpaired) electrons. The number of fused-ring (bicyclic) bond motifs is 3. The van der Waals surface area contributed by atoms with Crippen molar-refractivity contribution in [1.82, 2.24) is 4.31 Å². The van der Waals surface area contributed by atoms with Crippen LogP contribution < -0.4 is 0 Å². The van der Waals surface area contributed by atoms with Gasteiger partial charge in [-0.3, -0.25) is 0 Å². The third-order valence-corrected chi connectivity index (χ3v) is 7.76. The number of amides is 1. The van der Waals surface area contributed by atoms with E-state index in [9.17, 15) is 4.79 Å². The Kier molecular flexibility index (Phi) is 4.75. The second kappa shape index (κ2) is 6.00. The largest absolute Gasteiger partial charge is 0.443 e. The molecule has 7 heteroatoms. The van der Waals surface area contributed by atoms with E-state index in [1.807, 2.05) is 0 Å². The number of carbonyl (C=O) groups is 1. The van der Waals surface area contributed by atoms with Crippen LogP contribution in [0.25, 0.3) is 0 Å². The topological polar surface area (TPSA) is 29.5 Å². The number of hydrogen-bond acceptors (Lipinski definition) is 4. The lowest BCUT2D eigenvalue weighted by molar-refractivity contribution is 0.113. The maximum atomic E-state index is 12.0. The highest BCUT2D eigenvalue weighted by molar-refractivity contribution is 14.1. The first-order valence-corrected chi connectivity index (χ1v) is 10.7. The summed E-state index contributed by atoms with van der Waals surface area (Å²) in [4.78, 5) is 12.0. The molecule has 117 valence electrons. The van der Waals surface area contributed by atoms with Gasteiger partial charge in [-0.1, -0.05) is 72.7 Å². The van der Waals surface area contributed by atoms with Crippen molar-refractivity contribution in [2.24, 2.45) is 5.92 Å². The van der Waals surface area contributed by atoms with E-state index in [2.05, 4.69) is 55.4 Å². The normalized spacial score (nSPS) is 42.9. The van der Waals surface area contributed by atoms with E-state index in [1.165, 1.54) is 36.7 Å². The zero-order chi connectivity index (χ0) is 15.3. The molecule has 4 fully saturated rings. The first kappa shape index (κ1) is 16.6. The average molecular weight is 438 g/mol. The number of hydrogen-bond donors (Lipinski definition) is 1. The predicted molar refractivity (Wildman–Crippen MR) is 100 cm³/mol. The molecule has 21 heavy (non-hydrogen) atoms. The van der Waals surface area contributed by atoms with Gasteiger partial charge in [-0.15, -0.1) is 0 Å². The van der Waals surface area contributed by atoms with Crippen LogP contribution in [-0.2, 0) is 4.74 Å². The van der Waals surface area contributed by atoms with Gasteiger partial charge in [-0.2, -0.15) is 0 Å². The minimum atomic E-state index is -0.210. The number of alkyl halides is 1. The molecular weight excluding hydrogens is 416 g/mol. The highest BCUT2D eigenvalue weighted by Crippen LogP contribution is 2.62. The minimum Gasteiger partial charge on any atom is -0.443 e. The number of thiol groups is 1. The summed E-state index contributed by atoms with van der Waals surface area (Å²) in [5, 5.41) is 0.411. The Bertz CT molecular complexity index is 431. The summed E-state index contributed by atoms with van der Waals surface area (Å²) in [6.45, 7) is 4.69. The van der Waals surface area contributed by atoms with E-state index < -0.39 is 0 Å². The molecule has 0 aromatic carbocycles. The summed E-state index contributed by atoms with van der Waals surface area (Å²) in [6.07, 6.45) is 6.71. The molecule has 4 atom stereocenters. The zero-order valence-corrected chi connectivity index (χ0v) is 16.4. The molecule has 1 aliphatic carbocycles. The fourth-order valence-corrected chi connectivity index (χ4v) is 7.05. The molecular formula is C14H22BINO2S2. The van der Waals surface area contributed by atoms with Crippen LogP contribution in [0.2, 0.25) is 5.31 Å². The van der Waals surface area contributed by atoms with Crippen molar-refractivity contribution in [3.63, 3.8) is 0 Å². The standard InChI is InChI=1S/C14H22BINO2S2/c1-9(2)13-6-4-3-5-10-11(7-14(16,8-13)15-13)19-12(18)17(10)21-20/h9-11,20H,3-8H2,1-2H3. The number of carbonyl (C=O) groups excluding carboxylic acids is 1. The van der Waals surface area contributed by atoms with Gasteiger partial charge in [0.25, 0.3) is 0 Å². The molecule has 0 aromatic heterocycles. The molecule has 3 saturated heterocycles. The van der Waals surface area contributed by atoms with Crippen LogP contribution in [0, 0.1) is 5.92 Å². The summed E-state index contributed by atoms with van der Waals surface area (Å²) < 4.78 is 7.57. The highest BCUT2D eigenvalue weighted by atomic mass is 127. The Morgan fingerprint density at radius 2 is 2.24 bits per heavy atom. The van der Waals surface area contributed by atoms with Gasteiger partial charge in [0.15, 0.2) is 0 Å². The number of nitrogens with zero attached hydrogens (tertiary/aromatic N) is 1. The number of halogens is 1. The van der Waals surface area contributed by atoms with Crippen molar-refractivity contribution in [3.05, 3.63) is 0 Å². The molecule has 0 N–H and O–H groups in total. The molecule has 1 amide bonds. The van der Waals surface area contributed by atoms with Crippen molar-refractivity contribution in [1.29, 1.82) is 0 Å². The second-order valence-corrected chi connectivity index (χ2v) is 10.3. The van der Waals surface area contributed by atoms with Crippen LogP contribution in [0.15, 0.2) is 0 Å². The SMILES string of the molecule is CC(C)C12[B]C(I)(CC3OC(=O)N(SS)C3CCCC1)C2. The number of rotatable bonds is 2. The Labute approximate surface area is 151 Å². The summed E-state index contributed by atoms with van der Waals surface area (Å²) in [5.74, 6) is 0.700. The molecule has 4 unspecified atom stereocenters. The van der Waals surface area contributed by atoms with Crippen LogP contribution in [0.3, 0.4) is 0 Å². The fraction of sp³-hybridized carbons (Fsp3) is 0.929.